The number of carbonyl (C=O) groups is 1. The van der Waals surface area contributed by atoms with Gasteiger partial charge in [0.15, 0.2) is 0 Å². The van der Waals surface area contributed by atoms with Crippen molar-refractivity contribution in [2.24, 2.45) is 11.7 Å². The molecule has 4 nitrogen and oxygen atoms in total. The fourth-order valence-electron chi connectivity index (χ4n) is 2.53. The normalized spacial score (nSPS) is 21.3. The Morgan fingerprint density at radius 2 is 2.24 bits per heavy atom. The van der Waals surface area contributed by atoms with Gasteiger partial charge in [0.1, 0.15) is 0 Å². The highest BCUT2D eigenvalue weighted by atomic mass is 16.2. The minimum absolute atomic E-state index is 0.0857. The zero-order chi connectivity index (χ0) is 12.0. The van der Waals surface area contributed by atoms with Crippen LogP contribution in [0.1, 0.15) is 17.2 Å². The van der Waals surface area contributed by atoms with Gasteiger partial charge in [-0.05, 0) is 17.2 Å². The second-order valence-electron chi connectivity index (χ2n) is 4.96. The maximum Gasteiger partial charge on any atom is 0.231 e. The van der Waals surface area contributed by atoms with Crippen molar-refractivity contribution in [1.82, 2.24) is 5.32 Å². The smallest absolute Gasteiger partial charge is 0.231 e. The Kier molecular flexibility index (Phi) is 2.42. The predicted molar refractivity (Wildman–Crippen MR) is 66.8 cm³/mol. The van der Waals surface area contributed by atoms with Crippen LogP contribution in [0.4, 0.5) is 5.69 Å². The summed E-state index contributed by atoms with van der Waals surface area (Å²) in [5.74, 6) is 0.693. The maximum atomic E-state index is 11.6. The van der Waals surface area contributed by atoms with E-state index in [2.05, 4.69) is 17.4 Å². The molecule has 3 N–H and O–H groups in total. The van der Waals surface area contributed by atoms with E-state index in [9.17, 15) is 4.79 Å². The van der Waals surface area contributed by atoms with Gasteiger partial charge >= 0.3 is 0 Å². The number of anilines is 1. The Balaban J connectivity index is 1.89. The van der Waals surface area contributed by atoms with Crippen LogP contribution in [-0.4, -0.2) is 26.0 Å². The van der Waals surface area contributed by atoms with Gasteiger partial charge in [0, 0.05) is 37.8 Å². The quantitative estimate of drug-likeness (QED) is 0.776. The lowest BCUT2D eigenvalue weighted by Crippen LogP contribution is -2.47. The monoisotopic (exact) mass is 231 g/mol. The van der Waals surface area contributed by atoms with Crippen LogP contribution in [0.3, 0.4) is 0 Å². The molecule has 2 heterocycles. The van der Waals surface area contributed by atoms with Crippen molar-refractivity contribution in [3.8, 4) is 0 Å². The van der Waals surface area contributed by atoms with Crippen molar-refractivity contribution in [3.63, 3.8) is 0 Å². The van der Waals surface area contributed by atoms with E-state index in [1.807, 2.05) is 13.1 Å². The van der Waals surface area contributed by atoms with Gasteiger partial charge in [0.25, 0.3) is 0 Å². The topological polar surface area (TPSA) is 58.4 Å². The Bertz CT molecular complexity index is 468. The first-order valence-corrected chi connectivity index (χ1v) is 6.02. The number of nitrogens with one attached hydrogen (secondary N) is 1. The molecule has 2 aliphatic rings. The van der Waals surface area contributed by atoms with E-state index < -0.39 is 0 Å². The van der Waals surface area contributed by atoms with E-state index in [0.717, 1.165) is 29.9 Å². The van der Waals surface area contributed by atoms with Crippen molar-refractivity contribution in [3.05, 3.63) is 29.3 Å². The molecule has 1 amide bonds. The number of hydrogen-bond donors (Lipinski definition) is 2. The molecule has 0 aromatic heterocycles. The van der Waals surface area contributed by atoms with Crippen LogP contribution in [-0.2, 0) is 11.2 Å². The van der Waals surface area contributed by atoms with Gasteiger partial charge in [-0.1, -0.05) is 12.1 Å². The molecule has 0 aliphatic carbocycles. The lowest BCUT2D eigenvalue weighted by Gasteiger charge is -2.32. The highest BCUT2D eigenvalue weighted by Crippen LogP contribution is 2.31. The molecule has 1 unspecified atom stereocenters. The van der Waals surface area contributed by atoms with Gasteiger partial charge < -0.3 is 16.0 Å². The molecule has 1 atom stereocenters. The fourth-order valence-corrected chi connectivity index (χ4v) is 2.53. The average Bonchev–Trinajstić information content (AvgIpc) is 2.52. The second kappa shape index (κ2) is 3.82. The molecule has 1 saturated heterocycles. The summed E-state index contributed by atoms with van der Waals surface area (Å²) in [5, 5.41) is 3.24. The lowest BCUT2D eigenvalue weighted by molar-refractivity contribution is -0.117. The van der Waals surface area contributed by atoms with Crippen LogP contribution in [0.5, 0.6) is 0 Å². The number of rotatable bonds is 2. The first kappa shape index (κ1) is 10.7. The summed E-state index contributed by atoms with van der Waals surface area (Å²) in [4.78, 5) is 13.3. The van der Waals surface area contributed by atoms with Crippen LogP contribution in [0.15, 0.2) is 18.2 Å². The highest BCUT2D eigenvalue weighted by molar-refractivity contribution is 6.00. The lowest BCUT2D eigenvalue weighted by atomic mass is 9.88. The van der Waals surface area contributed by atoms with Gasteiger partial charge in [-0.3, -0.25) is 4.79 Å². The molecule has 1 fully saturated rings. The van der Waals surface area contributed by atoms with Crippen LogP contribution in [0.2, 0.25) is 0 Å². The average molecular weight is 231 g/mol. The van der Waals surface area contributed by atoms with Gasteiger partial charge in [-0.15, -0.1) is 0 Å². The minimum Gasteiger partial charge on any atom is -0.324 e. The molecule has 0 radical (unpaired) electrons. The summed E-state index contributed by atoms with van der Waals surface area (Å²) < 4.78 is 0. The third-order valence-electron chi connectivity index (χ3n) is 3.89. The van der Waals surface area contributed by atoms with Crippen molar-refractivity contribution < 1.29 is 4.79 Å². The molecule has 0 saturated carbocycles. The van der Waals surface area contributed by atoms with Crippen molar-refractivity contribution >= 4 is 11.6 Å². The van der Waals surface area contributed by atoms with Crippen molar-refractivity contribution in [2.75, 3.05) is 25.0 Å². The number of fused-ring (bicyclic) bond motifs is 1. The Morgan fingerprint density at radius 3 is 2.88 bits per heavy atom. The van der Waals surface area contributed by atoms with Crippen LogP contribution in [0.25, 0.3) is 0 Å². The standard InChI is InChI=1S/C13H17N3O/c1-16-11-3-2-8(4-9(11)5-12(16)17)13(14)10-6-15-7-10/h2-4,10,13,15H,5-7,14H2,1H3. The van der Waals surface area contributed by atoms with Gasteiger partial charge in [-0.2, -0.15) is 0 Å². The van der Waals surface area contributed by atoms with E-state index in [4.69, 9.17) is 5.73 Å². The molecule has 2 aliphatic heterocycles. The SMILES string of the molecule is CN1C(=O)Cc2cc(C(N)C3CNC3)ccc21. The second-order valence-corrected chi connectivity index (χ2v) is 4.96. The number of hydrogen-bond acceptors (Lipinski definition) is 3. The molecule has 1 aromatic carbocycles. The molecule has 90 valence electrons. The summed E-state index contributed by atoms with van der Waals surface area (Å²) >= 11 is 0. The summed E-state index contributed by atoms with van der Waals surface area (Å²) in [6.07, 6.45) is 0.509. The van der Waals surface area contributed by atoms with Crippen LogP contribution >= 0.6 is 0 Å². The summed E-state index contributed by atoms with van der Waals surface area (Å²) in [6, 6.07) is 6.25. The summed E-state index contributed by atoms with van der Waals surface area (Å²) in [6.45, 7) is 1.99. The van der Waals surface area contributed by atoms with Gasteiger partial charge in [-0.25, -0.2) is 0 Å². The molecular formula is C13H17N3O. The number of nitrogens with zero attached hydrogens (tertiary/aromatic N) is 1. The van der Waals surface area contributed by atoms with Crippen LogP contribution < -0.4 is 16.0 Å². The Hall–Kier alpha value is -1.39. The number of likely N-dealkylation sites (N-methyl/N-ethyl adjacent to an activating group) is 1. The van der Waals surface area contributed by atoms with Gasteiger partial charge in [0.05, 0.1) is 6.42 Å². The van der Waals surface area contributed by atoms with E-state index in [1.165, 1.54) is 0 Å². The van der Waals surface area contributed by atoms with E-state index in [0.29, 0.717) is 12.3 Å². The summed E-state index contributed by atoms with van der Waals surface area (Å²) in [5.41, 5.74) is 9.51. The summed E-state index contributed by atoms with van der Waals surface area (Å²) in [7, 11) is 1.82. The third-order valence-corrected chi connectivity index (χ3v) is 3.89. The zero-order valence-electron chi connectivity index (χ0n) is 9.94. The van der Waals surface area contributed by atoms with Crippen LogP contribution in [0, 0.1) is 5.92 Å². The molecule has 3 rings (SSSR count). The molecule has 1 aromatic rings. The predicted octanol–water partition coefficient (Wildman–Crippen LogP) is 0.425. The molecule has 4 heteroatoms. The highest BCUT2D eigenvalue weighted by Gasteiger charge is 2.28. The number of benzene rings is 1. The molecule has 0 bridgehead atoms. The van der Waals surface area contributed by atoms with Crippen molar-refractivity contribution in [1.29, 1.82) is 0 Å². The zero-order valence-corrected chi connectivity index (χ0v) is 9.94. The Morgan fingerprint density at radius 1 is 1.47 bits per heavy atom. The number of amides is 1. The van der Waals surface area contributed by atoms with E-state index in [-0.39, 0.29) is 11.9 Å². The minimum atomic E-state index is 0.0857. The molecule has 17 heavy (non-hydrogen) atoms. The largest absolute Gasteiger partial charge is 0.324 e. The maximum absolute atomic E-state index is 11.6. The molecule has 0 spiro atoms. The fraction of sp³-hybridized carbons (Fsp3) is 0.462. The van der Waals surface area contributed by atoms with Gasteiger partial charge in [0.2, 0.25) is 5.91 Å². The van der Waals surface area contributed by atoms with E-state index >= 15 is 0 Å². The first-order chi connectivity index (χ1) is 8.16. The number of nitrogens with two attached hydrogens (primary N) is 1. The van der Waals surface area contributed by atoms with Crippen molar-refractivity contribution in [2.45, 2.75) is 12.5 Å². The first-order valence-electron chi connectivity index (χ1n) is 6.02. The number of carbonyl (C=O) groups excluding carboxylic acids is 1. The molecular weight excluding hydrogens is 214 g/mol. The van der Waals surface area contributed by atoms with E-state index in [1.54, 1.807) is 4.90 Å². The Labute approximate surface area is 101 Å². The third kappa shape index (κ3) is 1.64.